The summed E-state index contributed by atoms with van der Waals surface area (Å²) in [5, 5.41) is 6.30. The summed E-state index contributed by atoms with van der Waals surface area (Å²) < 4.78 is 92.9. The van der Waals surface area contributed by atoms with Crippen LogP contribution in [-0.2, 0) is 53.1 Å². The van der Waals surface area contributed by atoms with Crippen LogP contribution in [0.2, 0.25) is 0 Å². The molecule has 26 heteroatoms. The van der Waals surface area contributed by atoms with Crippen molar-refractivity contribution < 1.29 is 65.6 Å². The summed E-state index contributed by atoms with van der Waals surface area (Å²) in [4.78, 5) is 66.0. The smallest absolute Gasteiger partial charge is 0.475 e. The maximum absolute atomic E-state index is 16.6. The quantitative estimate of drug-likeness (QED) is 0.0163. The van der Waals surface area contributed by atoms with Crippen molar-refractivity contribution in [2.45, 2.75) is 75.1 Å². The van der Waals surface area contributed by atoms with Crippen LogP contribution in [-0.4, -0.2) is 132 Å². The molecule has 1 unspecified atom stereocenters. The van der Waals surface area contributed by atoms with E-state index in [-0.39, 0.29) is 48.7 Å². The van der Waals surface area contributed by atoms with Crippen LogP contribution in [0.4, 0.5) is 11.8 Å². The third kappa shape index (κ3) is 13.9. The van der Waals surface area contributed by atoms with Crippen LogP contribution < -0.4 is 35.1 Å². The SMILES string of the molecule is [C-]#[N+]CCOP(=O)(OC[C@H]1O[C@@H](n2cnc3c(=O)[nH]c(NC(=O)C(C)C)nc32)[C@H](OC(c2ccccc2)(c2ccc(OC)cc2)c2ccc(OC)cc2)[C@@H]1OC)O[C@H]1[C@@H](C)[C@H](n2ccc3c(NC(=O)c4ccccc4)ncnc32)[C@H]2C[C@@]21COC(c1ccccc1)(c1ccc(OC)cc1)c1ccc(OC)cc1. The first kappa shape index (κ1) is 73.0. The van der Waals surface area contributed by atoms with Crippen LogP contribution in [0.15, 0.2) is 218 Å². The lowest BCUT2D eigenvalue weighted by Crippen LogP contribution is -2.45. The zero-order valence-corrected chi connectivity index (χ0v) is 61.0. The molecular formula is C81H81N10O15P. The summed E-state index contributed by atoms with van der Waals surface area (Å²) in [6.07, 6.45) is -0.691. The van der Waals surface area contributed by atoms with Crippen LogP contribution in [0.1, 0.15) is 83.2 Å². The van der Waals surface area contributed by atoms with E-state index in [2.05, 4.69) is 35.0 Å². The van der Waals surface area contributed by atoms with Crippen LogP contribution in [0.5, 0.6) is 23.0 Å². The van der Waals surface area contributed by atoms with Gasteiger partial charge in [-0.05, 0) is 112 Å². The fourth-order valence-electron chi connectivity index (χ4n) is 15.2. The highest BCUT2D eigenvalue weighted by molar-refractivity contribution is 7.48. The predicted octanol–water partition coefficient (Wildman–Crippen LogP) is 13.4. The Labute approximate surface area is 617 Å². The molecule has 7 aromatic carbocycles. The molecule has 5 heterocycles. The van der Waals surface area contributed by atoms with Gasteiger partial charge < -0.3 is 52.6 Å². The minimum atomic E-state index is -4.94. The van der Waals surface area contributed by atoms with E-state index in [4.69, 9.17) is 68.0 Å². The highest BCUT2D eigenvalue weighted by Crippen LogP contribution is 2.74. The number of amides is 2. The molecule has 0 radical (unpaired) electrons. The first-order valence-electron chi connectivity index (χ1n) is 35.1. The normalized spacial score (nSPS) is 21.0. The molecule has 107 heavy (non-hydrogen) atoms. The minimum absolute atomic E-state index is 0.00703. The molecule has 1 aliphatic heterocycles. The number of carbonyl (C=O) groups excluding carboxylic acids is 2. The van der Waals surface area contributed by atoms with Gasteiger partial charge in [0.2, 0.25) is 18.4 Å². The highest BCUT2D eigenvalue weighted by Gasteiger charge is 2.73. The summed E-state index contributed by atoms with van der Waals surface area (Å²) in [6.45, 7) is 12.2. The number of aromatic nitrogens is 7. The second-order valence-corrected chi connectivity index (χ2v) is 28.5. The largest absolute Gasteiger partial charge is 0.497 e. The number of phosphoric acid groups is 1. The number of nitrogens with zero attached hydrogens (tertiary/aromatic N) is 7. The molecule has 1 saturated heterocycles. The average Bonchev–Trinajstić information content (AvgIpc) is 1.51. The monoisotopic (exact) mass is 1460 g/mol. The van der Waals surface area contributed by atoms with Crippen molar-refractivity contribution in [2.75, 3.05) is 72.5 Å². The molecule has 25 nitrogen and oxygen atoms in total. The lowest BCUT2D eigenvalue weighted by molar-refractivity contribution is -0.126. The van der Waals surface area contributed by atoms with Gasteiger partial charge in [0.05, 0.1) is 59.5 Å². The van der Waals surface area contributed by atoms with Gasteiger partial charge >= 0.3 is 7.82 Å². The average molecular weight is 1470 g/mol. The second-order valence-electron chi connectivity index (χ2n) is 26.9. The van der Waals surface area contributed by atoms with Gasteiger partial charge in [-0.2, -0.15) is 4.98 Å². The molecular weight excluding hydrogens is 1380 g/mol. The molecule has 10 atom stereocenters. The number of benzene rings is 7. The van der Waals surface area contributed by atoms with Crippen molar-refractivity contribution in [1.29, 1.82) is 0 Å². The van der Waals surface area contributed by atoms with Crippen LogP contribution in [0.25, 0.3) is 27.0 Å². The van der Waals surface area contributed by atoms with E-state index in [0.29, 0.717) is 68.5 Å². The molecule has 0 bridgehead atoms. The Kier molecular flexibility index (Phi) is 21.1. The fraction of sp³-hybridized carbons (Fsp3) is 0.309. The lowest BCUT2D eigenvalue weighted by atomic mass is 9.79. The number of H-pyrrole nitrogens is 1. The van der Waals surface area contributed by atoms with Gasteiger partial charge in [-0.25, -0.2) is 26.1 Å². The number of methoxy groups -OCH3 is 5. The Bertz CT molecular complexity index is 5010. The first-order chi connectivity index (χ1) is 52.0. The summed E-state index contributed by atoms with van der Waals surface area (Å²) in [5.41, 5.74) is 0.806. The van der Waals surface area contributed by atoms with Gasteiger partial charge in [0.25, 0.3) is 11.5 Å². The zero-order chi connectivity index (χ0) is 74.6. The third-order valence-corrected chi connectivity index (χ3v) is 22.1. The number of aromatic amines is 1. The van der Waals surface area contributed by atoms with E-state index in [1.54, 1.807) is 66.6 Å². The first-order valence-corrected chi connectivity index (χ1v) is 36.5. The lowest BCUT2D eigenvalue weighted by Gasteiger charge is -2.40. The van der Waals surface area contributed by atoms with Crippen LogP contribution in [0, 0.1) is 29.7 Å². The Morgan fingerprint density at radius 1 is 0.673 bits per heavy atom. The van der Waals surface area contributed by atoms with Gasteiger partial charge in [-0.3, -0.25) is 42.8 Å². The molecule has 2 amide bonds. The molecule has 3 fully saturated rings. The number of fused-ring (bicyclic) bond motifs is 3. The maximum Gasteiger partial charge on any atom is 0.475 e. The summed E-state index contributed by atoms with van der Waals surface area (Å²) in [5.74, 6) is 0.591. The Morgan fingerprint density at radius 3 is 1.76 bits per heavy atom. The molecule has 14 rings (SSSR count). The van der Waals surface area contributed by atoms with Crippen LogP contribution in [0.3, 0.4) is 0 Å². The molecule has 3 N–H and O–H groups in total. The van der Waals surface area contributed by atoms with Crippen molar-refractivity contribution >= 4 is 53.6 Å². The molecule has 4 aromatic heterocycles. The number of carbonyl (C=O) groups is 2. The van der Waals surface area contributed by atoms with Gasteiger partial charge in [0, 0.05) is 42.2 Å². The van der Waals surface area contributed by atoms with Crippen molar-refractivity contribution in [3.05, 3.63) is 274 Å². The zero-order valence-electron chi connectivity index (χ0n) is 60.1. The van der Waals surface area contributed by atoms with Crippen LogP contribution >= 0.6 is 7.82 Å². The van der Waals surface area contributed by atoms with E-state index in [0.717, 1.165) is 16.7 Å². The summed E-state index contributed by atoms with van der Waals surface area (Å²) in [6, 6.07) is 60.2. The number of nitrogens with one attached hydrogen (secondary N) is 3. The number of hydrogen-bond acceptors (Lipinski definition) is 19. The van der Waals surface area contributed by atoms with E-state index in [1.165, 1.54) is 24.3 Å². The molecule has 550 valence electrons. The minimum Gasteiger partial charge on any atom is -0.497 e. The Morgan fingerprint density at radius 2 is 1.21 bits per heavy atom. The van der Waals surface area contributed by atoms with Crippen molar-refractivity contribution in [3.8, 4) is 23.0 Å². The third-order valence-electron chi connectivity index (χ3n) is 20.6. The standard InChI is InChI=1S/C81H81N10O15P/c1-50(2)74(92)88-78-87-73-66(76(94)89-78)85-49-91(73)77-69(105-81(54-23-17-12-18-24-54,57-29-37-61(98-7)38-30-57)58-31-39-62(99-8)40-32-58)68(100-9)65(104-77)46-103-107(95,102-44-42-82-4)106-70-51(3)67(90-43-41-63-71(83-48-84-72(63)90)86-75(93)52-19-13-10-14-20-52)64-45-79(64,70)47-101-80(53-21-15-11-16-22-53,55-25-33-59(96-5)34-26-55)56-27-35-60(97-6)36-28-56/h10-41,43,48-51,64-65,67-70,77H,42,44-47H2,1-3,5-9H3,(H,83,84,86,93)(H2,87,88,89,92,94)/t51-,64+,65+,67-,68+,69+,70-,77+,79+,107?/m0/s1. The molecule has 2 aliphatic carbocycles. The van der Waals surface area contributed by atoms with Crippen molar-refractivity contribution in [1.82, 2.24) is 34.1 Å². The van der Waals surface area contributed by atoms with Gasteiger partial charge in [-0.1, -0.05) is 148 Å². The fourth-order valence-corrected chi connectivity index (χ4v) is 16.8. The number of imidazole rings is 1. The maximum atomic E-state index is 16.6. The predicted molar refractivity (Wildman–Crippen MR) is 398 cm³/mol. The Balaban J connectivity index is 0.881. The van der Waals surface area contributed by atoms with E-state index >= 15 is 4.57 Å². The van der Waals surface area contributed by atoms with Crippen molar-refractivity contribution in [2.24, 2.45) is 23.2 Å². The van der Waals surface area contributed by atoms with Gasteiger partial charge in [0.15, 0.2) is 17.4 Å². The number of phosphoric ester groups is 1. The highest BCUT2D eigenvalue weighted by atomic mass is 31.2. The number of rotatable bonds is 30. The number of hydrogen-bond donors (Lipinski definition) is 3. The molecule has 3 aliphatic rings. The molecule has 2 saturated carbocycles. The van der Waals surface area contributed by atoms with Gasteiger partial charge in [-0.15, -0.1) is 0 Å². The van der Waals surface area contributed by atoms with E-state index in [1.807, 2.05) is 183 Å². The van der Waals surface area contributed by atoms with Crippen molar-refractivity contribution in [3.63, 3.8) is 0 Å². The van der Waals surface area contributed by atoms with E-state index < -0.39 is 91.0 Å². The van der Waals surface area contributed by atoms with E-state index in [9.17, 15) is 14.4 Å². The summed E-state index contributed by atoms with van der Waals surface area (Å²) in [7, 11) is 2.94. The van der Waals surface area contributed by atoms with Gasteiger partial charge in [0.1, 0.15) is 76.9 Å². The topological polar surface area (TPSA) is 275 Å². The number of anilines is 2. The second kappa shape index (κ2) is 30.9. The summed E-state index contributed by atoms with van der Waals surface area (Å²) >= 11 is 0. The molecule has 11 aromatic rings. The molecule has 0 spiro atoms. The Hall–Kier alpha value is -10.9. The number of ether oxygens (including phenoxy) is 8.